The number of aromatic nitrogens is 1. The van der Waals surface area contributed by atoms with Crippen molar-refractivity contribution in [1.82, 2.24) is 13.6 Å². The monoisotopic (exact) mass is 365 g/mol. The van der Waals surface area contributed by atoms with Crippen molar-refractivity contribution in [1.29, 1.82) is 5.26 Å². The molecule has 0 radical (unpaired) electrons. The average molecular weight is 365 g/mol. The summed E-state index contributed by atoms with van der Waals surface area (Å²) in [6.45, 7) is 6.33. The highest BCUT2D eigenvalue weighted by atomic mass is 32.2. The van der Waals surface area contributed by atoms with E-state index >= 15 is 0 Å². The Morgan fingerprint density at radius 2 is 1.80 bits per heavy atom. The fraction of sp³-hybridized carbons (Fsp3) is 0.625. The van der Waals surface area contributed by atoms with E-state index in [1.165, 1.54) is 8.61 Å². The molecule has 0 saturated carbocycles. The molecule has 25 heavy (non-hydrogen) atoms. The van der Waals surface area contributed by atoms with Crippen LogP contribution >= 0.6 is 0 Å². The second-order valence-corrected chi connectivity index (χ2v) is 8.38. The molecule has 1 aromatic heterocycles. The van der Waals surface area contributed by atoms with Crippen LogP contribution < -0.4 is 4.90 Å². The maximum Gasteiger partial charge on any atom is 0.282 e. The van der Waals surface area contributed by atoms with E-state index < -0.39 is 10.2 Å². The maximum atomic E-state index is 12.9. The lowest BCUT2D eigenvalue weighted by Gasteiger charge is -2.40. The third-order valence-corrected chi connectivity index (χ3v) is 6.45. The Bertz CT molecular complexity index is 745. The summed E-state index contributed by atoms with van der Waals surface area (Å²) >= 11 is 0. The second kappa shape index (κ2) is 7.25. The predicted molar refractivity (Wildman–Crippen MR) is 93.2 cm³/mol. The molecule has 0 amide bonds. The minimum absolute atomic E-state index is 0.105. The standard InChI is InChI=1S/C16H23N5O3S/c1-13-11-21(12-14(2)24-13)25(22,23)20-8-6-19(7-9-20)16-15(10-17)4-3-5-18-16/h3-5,13-14H,6-9,11-12H2,1-2H3/t13-,14-/m1/s1. The lowest BCUT2D eigenvalue weighted by Crippen LogP contribution is -2.57. The van der Waals surface area contributed by atoms with Gasteiger partial charge in [-0.15, -0.1) is 0 Å². The molecule has 9 heteroatoms. The van der Waals surface area contributed by atoms with Gasteiger partial charge in [0.05, 0.1) is 17.8 Å². The number of ether oxygens (including phenoxy) is 1. The third-order valence-electron chi connectivity index (χ3n) is 4.48. The highest BCUT2D eigenvalue weighted by Crippen LogP contribution is 2.22. The van der Waals surface area contributed by atoms with Crippen molar-refractivity contribution in [3.63, 3.8) is 0 Å². The molecule has 1 aromatic rings. The van der Waals surface area contributed by atoms with Crippen molar-refractivity contribution in [3.8, 4) is 6.07 Å². The molecule has 2 aliphatic rings. The van der Waals surface area contributed by atoms with E-state index in [1.54, 1.807) is 18.3 Å². The topological polar surface area (TPSA) is 89.8 Å². The van der Waals surface area contributed by atoms with Crippen LogP contribution in [0.2, 0.25) is 0 Å². The van der Waals surface area contributed by atoms with Crippen molar-refractivity contribution >= 4 is 16.0 Å². The lowest BCUT2D eigenvalue weighted by atomic mass is 10.2. The Kier molecular flexibility index (Phi) is 5.24. The summed E-state index contributed by atoms with van der Waals surface area (Å²) in [5, 5.41) is 9.21. The van der Waals surface area contributed by atoms with Gasteiger partial charge in [0.25, 0.3) is 10.2 Å². The summed E-state index contributed by atoms with van der Waals surface area (Å²) < 4.78 is 34.5. The Morgan fingerprint density at radius 1 is 1.16 bits per heavy atom. The quantitative estimate of drug-likeness (QED) is 0.772. The van der Waals surface area contributed by atoms with Crippen molar-refractivity contribution in [2.45, 2.75) is 26.1 Å². The van der Waals surface area contributed by atoms with Gasteiger partial charge < -0.3 is 9.64 Å². The van der Waals surface area contributed by atoms with E-state index in [9.17, 15) is 13.7 Å². The van der Waals surface area contributed by atoms with E-state index in [0.717, 1.165) is 0 Å². The van der Waals surface area contributed by atoms with Gasteiger partial charge in [-0.2, -0.15) is 22.3 Å². The van der Waals surface area contributed by atoms with Crippen LogP contribution in [0.1, 0.15) is 19.4 Å². The largest absolute Gasteiger partial charge is 0.373 e. The Morgan fingerprint density at radius 3 is 2.40 bits per heavy atom. The Balaban J connectivity index is 1.68. The number of hydrogen-bond donors (Lipinski definition) is 0. The molecule has 2 atom stereocenters. The number of nitriles is 1. The first-order valence-corrected chi connectivity index (χ1v) is 9.82. The molecule has 0 N–H and O–H groups in total. The van der Waals surface area contributed by atoms with Gasteiger partial charge in [-0.25, -0.2) is 4.98 Å². The number of piperazine rings is 1. The van der Waals surface area contributed by atoms with Crippen LogP contribution in [0.25, 0.3) is 0 Å². The number of pyridine rings is 1. The van der Waals surface area contributed by atoms with E-state index in [1.807, 2.05) is 18.7 Å². The van der Waals surface area contributed by atoms with Gasteiger partial charge in [-0.1, -0.05) is 0 Å². The third kappa shape index (κ3) is 3.77. The molecule has 2 fully saturated rings. The van der Waals surface area contributed by atoms with E-state index in [-0.39, 0.29) is 12.2 Å². The Labute approximate surface area is 148 Å². The van der Waals surface area contributed by atoms with Gasteiger partial charge >= 0.3 is 0 Å². The predicted octanol–water partition coefficient (Wildman–Crippen LogP) is 0.429. The van der Waals surface area contributed by atoms with Crippen molar-refractivity contribution in [2.75, 3.05) is 44.2 Å². The molecular formula is C16H23N5O3S. The van der Waals surface area contributed by atoms with Gasteiger partial charge in [-0.05, 0) is 26.0 Å². The molecule has 3 rings (SSSR count). The van der Waals surface area contributed by atoms with Crippen LogP contribution in [0.3, 0.4) is 0 Å². The summed E-state index contributed by atoms with van der Waals surface area (Å²) in [5.41, 5.74) is 0.509. The average Bonchev–Trinajstić information content (AvgIpc) is 2.61. The van der Waals surface area contributed by atoms with Crippen LogP contribution in [0, 0.1) is 11.3 Å². The molecule has 8 nitrogen and oxygen atoms in total. The van der Waals surface area contributed by atoms with Gasteiger partial charge in [0.1, 0.15) is 11.9 Å². The zero-order valence-corrected chi connectivity index (χ0v) is 15.3. The van der Waals surface area contributed by atoms with E-state index in [4.69, 9.17) is 4.74 Å². The van der Waals surface area contributed by atoms with Gasteiger partial charge in [0.2, 0.25) is 0 Å². The summed E-state index contributed by atoms with van der Waals surface area (Å²) in [5.74, 6) is 0.621. The zero-order chi connectivity index (χ0) is 18.0. The Hall–Kier alpha value is -1.73. The van der Waals surface area contributed by atoms with E-state index in [0.29, 0.717) is 50.6 Å². The molecule has 0 spiro atoms. The molecule has 0 unspecified atom stereocenters. The summed E-state index contributed by atoms with van der Waals surface area (Å²) in [6.07, 6.45) is 1.44. The number of nitrogens with zero attached hydrogens (tertiary/aromatic N) is 5. The normalized spacial score (nSPS) is 26.4. The molecule has 0 bridgehead atoms. The maximum absolute atomic E-state index is 12.9. The first kappa shape index (κ1) is 18.1. The van der Waals surface area contributed by atoms with Crippen LogP contribution in [0.4, 0.5) is 5.82 Å². The molecule has 2 saturated heterocycles. The van der Waals surface area contributed by atoms with Crippen LogP contribution in [-0.4, -0.2) is 73.5 Å². The van der Waals surface area contributed by atoms with Crippen molar-refractivity contribution < 1.29 is 13.2 Å². The molecule has 0 aromatic carbocycles. The highest BCUT2D eigenvalue weighted by molar-refractivity contribution is 7.86. The number of rotatable bonds is 3. The SMILES string of the molecule is C[C@@H]1CN(S(=O)(=O)N2CCN(c3ncccc3C#N)CC2)C[C@@H](C)O1. The first-order chi connectivity index (χ1) is 11.9. The zero-order valence-electron chi connectivity index (χ0n) is 14.5. The van der Waals surface area contributed by atoms with Crippen LogP contribution in [-0.2, 0) is 14.9 Å². The number of anilines is 1. The fourth-order valence-corrected chi connectivity index (χ4v) is 5.10. The van der Waals surface area contributed by atoms with Crippen molar-refractivity contribution in [2.24, 2.45) is 0 Å². The summed E-state index contributed by atoms with van der Waals surface area (Å²) in [6, 6.07) is 5.59. The van der Waals surface area contributed by atoms with Crippen molar-refractivity contribution in [3.05, 3.63) is 23.9 Å². The molecule has 0 aliphatic carbocycles. The minimum atomic E-state index is -3.50. The van der Waals surface area contributed by atoms with Gasteiger partial charge in [0.15, 0.2) is 0 Å². The van der Waals surface area contributed by atoms with Gasteiger partial charge in [0, 0.05) is 45.5 Å². The molecule has 3 heterocycles. The smallest absolute Gasteiger partial charge is 0.282 e. The minimum Gasteiger partial charge on any atom is -0.373 e. The molecular weight excluding hydrogens is 342 g/mol. The summed E-state index contributed by atoms with van der Waals surface area (Å²) in [4.78, 5) is 6.25. The van der Waals surface area contributed by atoms with Gasteiger partial charge in [-0.3, -0.25) is 0 Å². The van der Waals surface area contributed by atoms with Crippen LogP contribution in [0.15, 0.2) is 18.3 Å². The first-order valence-electron chi connectivity index (χ1n) is 8.42. The number of hydrogen-bond acceptors (Lipinski definition) is 6. The fourth-order valence-electron chi connectivity index (χ4n) is 3.35. The molecule has 2 aliphatic heterocycles. The van der Waals surface area contributed by atoms with Crippen LogP contribution in [0.5, 0.6) is 0 Å². The summed E-state index contributed by atoms with van der Waals surface area (Å²) in [7, 11) is -3.50. The molecule has 136 valence electrons. The highest BCUT2D eigenvalue weighted by Gasteiger charge is 2.37. The second-order valence-electron chi connectivity index (χ2n) is 6.45. The lowest BCUT2D eigenvalue weighted by molar-refractivity contribution is -0.0455. The van der Waals surface area contributed by atoms with E-state index in [2.05, 4.69) is 11.1 Å². The number of morpholine rings is 1.